The largest absolute Gasteiger partial charge is 0.478 e. The van der Waals surface area contributed by atoms with Crippen molar-refractivity contribution in [2.75, 3.05) is 25.4 Å². The van der Waals surface area contributed by atoms with Gasteiger partial charge in [-0.15, -0.1) is 11.3 Å². The Kier molecular flexibility index (Phi) is 8.18. The van der Waals surface area contributed by atoms with Crippen LogP contribution in [0.15, 0.2) is 21.7 Å². The highest BCUT2D eigenvalue weighted by molar-refractivity contribution is 7.84. The normalized spacial score (nSPS) is 22.0. The highest BCUT2D eigenvalue weighted by atomic mass is 32.2. The second kappa shape index (κ2) is 11.7. The number of rotatable bonds is 13. The second-order valence-corrected chi connectivity index (χ2v) is 12.2. The number of carboxylic acid groups (broad SMARTS) is 1. The van der Waals surface area contributed by atoms with Crippen molar-refractivity contribution in [2.45, 2.75) is 43.6 Å². The van der Waals surface area contributed by atoms with E-state index in [1.165, 1.54) is 11.6 Å². The number of nitrogens with two attached hydrogens (primary N) is 2. The smallest absolute Gasteiger partial charge is 0.362 e. The van der Waals surface area contributed by atoms with Crippen LogP contribution in [0.5, 0.6) is 0 Å². The molecule has 1 aliphatic carbocycles. The number of aliphatic carboxylic acids is 1. The third kappa shape index (κ3) is 6.65. The first-order valence-electron chi connectivity index (χ1n) is 12.8. The Balaban J connectivity index is 1.28. The fraction of sp³-hybridized carbons (Fsp3) is 0.524. The number of carboxylic acids is 1. The van der Waals surface area contributed by atoms with Crippen LogP contribution in [0.2, 0.25) is 0 Å². The average Bonchev–Trinajstić information content (AvgIpc) is 3.37. The van der Waals surface area contributed by atoms with Gasteiger partial charge in [0.05, 0.1) is 19.3 Å². The van der Waals surface area contributed by atoms with Gasteiger partial charge in [-0.3, -0.25) is 14.1 Å². The van der Waals surface area contributed by atoms with E-state index in [-0.39, 0.29) is 47.0 Å². The first-order chi connectivity index (χ1) is 20.4. The van der Waals surface area contributed by atoms with Gasteiger partial charge in [-0.05, 0) is 0 Å². The van der Waals surface area contributed by atoms with Crippen molar-refractivity contribution in [1.29, 1.82) is 0 Å². The summed E-state index contributed by atoms with van der Waals surface area (Å²) in [5, 5.41) is 31.3. The van der Waals surface area contributed by atoms with Gasteiger partial charge in [-0.1, -0.05) is 5.16 Å². The number of aromatic nitrogens is 4. The van der Waals surface area contributed by atoms with Crippen LogP contribution in [0.25, 0.3) is 0 Å². The maximum atomic E-state index is 13.2. The predicted molar refractivity (Wildman–Crippen MR) is 148 cm³/mol. The monoisotopic (exact) mass is 640 g/mol. The number of nitrogens with one attached hydrogen (secondary N) is 3. The number of β-lactam (4-membered cyclic amide) rings is 1. The predicted octanol–water partition coefficient (Wildman–Crippen LogP) is -3.52. The van der Waals surface area contributed by atoms with Gasteiger partial charge >= 0.3 is 16.3 Å². The number of carbonyl (C=O) groups excluding carboxylic acids is 2. The van der Waals surface area contributed by atoms with Gasteiger partial charge in [0.1, 0.15) is 23.5 Å². The summed E-state index contributed by atoms with van der Waals surface area (Å²) in [6.07, 6.45) is 1.69. The number of oxime groups is 1. The Morgan fingerprint density at radius 1 is 1.33 bits per heavy atom. The average molecular weight is 641 g/mol. The van der Waals surface area contributed by atoms with Gasteiger partial charge in [0.2, 0.25) is 5.60 Å². The molecule has 2 aromatic heterocycles. The standard InChI is InChI=1S/C21H28N12O8S2/c22-19(25-5-10-3-24-4-10)26-6-11-7-27-32(30-11)8-13-15(17(35)33(13)43(38,39)40)29-16(34)14(12-9-42-20(23)28-12)31-41-21(1-2-21)18(36)37/h7,9-10,13,15,24H,1-6,8H2,(H2,23,28)(H,29,34)(H,36,37)(H3,22,25,26)(H,38,39,40)/b31-14+/t13-,15+/m1/s1. The molecule has 0 aromatic carbocycles. The number of nitrogen functional groups attached to an aromatic ring is 1. The van der Waals surface area contributed by atoms with Gasteiger partial charge < -0.3 is 37.4 Å². The molecule has 9 N–H and O–H groups in total. The molecule has 2 amide bonds. The molecule has 0 unspecified atom stereocenters. The van der Waals surface area contributed by atoms with E-state index in [0.717, 1.165) is 29.2 Å². The number of anilines is 1. The van der Waals surface area contributed by atoms with E-state index < -0.39 is 51.5 Å². The Labute approximate surface area is 247 Å². The van der Waals surface area contributed by atoms with Crippen molar-refractivity contribution >= 4 is 56.2 Å². The van der Waals surface area contributed by atoms with Crippen LogP contribution in [0.1, 0.15) is 24.2 Å². The fourth-order valence-corrected chi connectivity index (χ4v) is 5.59. The van der Waals surface area contributed by atoms with E-state index in [1.54, 1.807) is 0 Å². The van der Waals surface area contributed by atoms with Crippen LogP contribution in [0.3, 0.4) is 0 Å². The number of hydrogen-bond donors (Lipinski definition) is 7. The number of guanidine groups is 1. The van der Waals surface area contributed by atoms with Crippen LogP contribution in [-0.4, -0.2) is 109 Å². The van der Waals surface area contributed by atoms with Gasteiger partial charge in [0.25, 0.3) is 11.8 Å². The molecule has 0 radical (unpaired) electrons. The van der Waals surface area contributed by atoms with E-state index in [2.05, 4.69) is 41.3 Å². The van der Waals surface area contributed by atoms with Crippen LogP contribution in [0.4, 0.5) is 5.13 Å². The lowest BCUT2D eigenvalue weighted by atomic mass is 9.98. The zero-order valence-corrected chi connectivity index (χ0v) is 23.9. The van der Waals surface area contributed by atoms with E-state index in [0.29, 0.717) is 18.2 Å². The quantitative estimate of drug-likeness (QED) is 0.0367. The van der Waals surface area contributed by atoms with Crippen LogP contribution < -0.4 is 27.4 Å². The van der Waals surface area contributed by atoms with Gasteiger partial charge in [-0.25, -0.2) is 19.1 Å². The summed E-state index contributed by atoms with van der Waals surface area (Å²) >= 11 is 0.969. The maximum Gasteiger partial charge on any atom is 0.362 e. The maximum absolute atomic E-state index is 13.2. The van der Waals surface area contributed by atoms with Crippen molar-refractivity contribution in [3.63, 3.8) is 0 Å². The molecule has 1 saturated carbocycles. The highest BCUT2D eigenvalue weighted by Crippen LogP contribution is 2.40. The minimum atomic E-state index is -5.01. The van der Waals surface area contributed by atoms with Gasteiger partial charge in [0.15, 0.2) is 16.8 Å². The summed E-state index contributed by atoms with van der Waals surface area (Å²) in [5.74, 6) is -2.76. The molecule has 3 fully saturated rings. The van der Waals surface area contributed by atoms with Gasteiger partial charge in [-0.2, -0.15) is 23.4 Å². The molecule has 0 bridgehead atoms. The van der Waals surface area contributed by atoms with Crippen molar-refractivity contribution in [3.05, 3.63) is 23.0 Å². The Morgan fingerprint density at radius 2 is 2.07 bits per heavy atom. The zero-order chi connectivity index (χ0) is 30.9. The number of thiazole rings is 1. The van der Waals surface area contributed by atoms with Crippen LogP contribution in [0, 0.1) is 5.92 Å². The Morgan fingerprint density at radius 3 is 2.65 bits per heavy atom. The van der Waals surface area contributed by atoms with Crippen molar-refractivity contribution in [1.82, 2.24) is 40.2 Å². The van der Waals surface area contributed by atoms with Gasteiger partial charge in [0, 0.05) is 43.8 Å². The molecule has 2 atom stereocenters. The highest BCUT2D eigenvalue weighted by Gasteiger charge is 2.56. The number of amides is 2. The number of nitrogens with zero attached hydrogens (tertiary/aromatic N) is 7. The molecule has 20 nitrogen and oxygen atoms in total. The summed E-state index contributed by atoms with van der Waals surface area (Å²) in [5.41, 5.74) is 9.76. The topological polar surface area (TPSA) is 295 Å². The molecule has 3 aliphatic rings. The molecular formula is C21H28N12O8S2. The lowest BCUT2D eigenvalue weighted by Crippen LogP contribution is -2.73. The molecule has 2 aromatic rings. The molecular weight excluding hydrogens is 612 g/mol. The van der Waals surface area contributed by atoms with E-state index in [4.69, 9.17) is 16.3 Å². The summed E-state index contributed by atoms with van der Waals surface area (Å²) in [6.45, 7) is 2.16. The second-order valence-electron chi connectivity index (χ2n) is 10.0. The summed E-state index contributed by atoms with van der Waals surface area (Å²) in [4.78, 5) is 51.8. The number of aliphatic imine (C=N–C) groups is 1. The Bertz CT molecular complexity index is 1580. The molecule has 232 valence electrons. The van der Waals surface area contributed by atoms with Crippen LogP contribution >= 0.6 is 11.3 Å². The van der Waals surface area contributed by atoms with Crippen LogP contribution in [-0.2, 0) is 42.6 Å². The molecule has 0 spiro atoms. The van der Waals surface area contributed by atoms with E-state index in [9.17, 15) is 32.5 Å². The number of hydrogen-bond acceptors (Lipinski definition) is 14. The summed E-state index contributed by atoms with van der Waals surface area (Å²) in [7, 11) is -5.01. The SMILES string of the molecule is NC(=NCc1cnn(C[C@@H]2[C@H](NC(=O)/C(=N/OC3(C(=O)O)CC3)c3csc(N)n3)C(=O)N2S(=O)(=O)O)n1)NCC1CNC1. The van der Waals surface area contributed by atoms with Crippen molar-refractivity contribution in [2.24, 2.45) is 21.8 Å². The molecule has 2 saturated heterocycles. The first-order valence-corrected chi connectivity index (χ1v) is 15.1. The minimum absolute atomic E-state index is 0.0575. The first kappa shape index (κ1) is 30.1. The lowest BCUT2D eigenvalue weighted by Gasteiger charge is -2.43. The minimum Gasteiger partial charge on any atom is -0.478 e. The molecule has 22 heteroatoms. The molecule has 2 aliphatic heterocycles. The van der Waals surface area contributed by atoms with Crippen molar-refractivity contribution in [3.8, 4) is 0 Å². The summed E-state index contributed by atoms with van der Waals surface area (Å²) in [6, 6.07) is -2.81. The van der Waals surface area contributed by atoms with Crippen molar-refractivity contribution < 1.29 is 37.3 Å². The fourth-order valence-electron chi connectivity index (χ4n) is 4.17. The van der Waals surface area contributed by atoms with E-state index >= 15 is 0 Å². The molecule has 4 heterocycles. The Hall–Kier alpha value is -4.41. The number of carbonyl (C=O) groups is 3. The lowest BCUT2D eigenvalue weighted by molar-refractivity contribution is -0.153. The molecule has 5 rings (SSSR count). The van der Waals surface area contributed by atoms with E-state index in [1.807, 2.05) is 0 Å². The third-order valence-corrected chi connectivity index (χ3v) is 8.49. The molecule has 43 heavy (non-hydrogen) atoms. The summed E-state index contributed by atoms with van der Waals surface area (Å²) < 4.78 is 33.7. The zero-order valence-electron chi connectivity index (χ0n) is 22.3. The third-order valence-electron chi connectivity index (χ3n) is 6.87.